The van der Waals surface area contributed by atoms with Gasteiger partial charge in [-0.25, -0.2) is 0 Å². The zero-order chi connectivity index (χ0) is 26.4. The first-order valence-corrected chi connectivity index (χ1v) is 13.1. The number of allylic oxidation sites excluding steroid dienone is 1. The third-order valence-electron chi connectivity index (χ3n) is 8.77. The highest BCUT2D eigenvalue weighted by Gasteiger charge is 2.56. The first-order valence-electron chi connectivity index (χ1n) is 13.1. The number of carbonyl (C=O) groups excluding carboxylic acids is 2. The number of fused-ring (bicyclic) bond motifs is 3. The Morgan fingerprint density at radius 1 is 1.00 bits per heavy atom. The van der Waals surface area contributed by atoms with Crippen LogP contribution in [0.2, 0.25) is 0 Å². The lowest BCUT2D eigenvalue weighted by molar-refractivity contribution is -0.308. The molecule has 0 aromatic carbocycles. The number of esters is 2. The van der Waals surface area contributed by atoms with Gasteiger partial charge in [0.2, 0.25) is 0 Å². The highest BCUT2D eigenvalue weighted by atomic mass is 16.7. The second-order valence-corrected chi connectivity index (χ2v) is 10.9. The number of cyclic esters (lactones) is 1. The molecule has 0 bridgehead atoms. The van der Waals surface area contributed by atoms with Crippen molar-refractivity contribution >= 4 is 11.9 Å². The number of carbonyl (C=O) groups is 2. The Morgan fingerprint density at radius 2 is 1.78 bits per heavy atom. The van der Waals surface area contributed by atoms with Crippen molar-refractivity contribution < 1.29 is 49.0 Å². The maximum atomic E-state index is 12.9. The smallest absolute Gasteiger partial charge is 0.310 e. The van der Waals surface area contributed by atoms with Crippen LogP contribution >= 0.6 is 0 Å². The number of aliphatic hydroxyl groups excluding tert-OH is 4. The fourth-order valence-electron chi connectivity index (χ4n) is 6.66. The van der Waals surface area contributed by atoms with Gasteiger partial charge in [0, 0.05) is 31.3 Å². The normalized spacial score (nSPS) is 45.8. The summed E-state index contributed by atoms with van der Waals surface area (Å²) >= 11 is 0. The van der Waals surface area contributed by atoms with E-state index in [-0.39, 0.29) is 47.8 Å². The van der Waals surface area contributed by atoms with Crippen molar-refractivity contribution in [3.05, 3.63) is 24.3 Å². The van der Waals surface area contributed by atoms with Gasteiger partial charge in [-0.2, -0.15) is 0 Å². The fourth-order valence-corrected chi connectivity index (χ4v) is 6.66. The molecule has 5 aliphatic rings. The molecule has 0 amide bonds. The van der Waals surface area contributed by atoms with Crippen LogP contribution in [0.4, 0.5) is 0 Å². The average molecular weight is 524 g/mol. The van der Waals surface area contributed by atoms with Crippen molar-refractivity contribution in [2.24, 2.45) is 23.7 Å². The highest BCUT2D eigenvalue weighted by Crippen LogP contribution is 2.53. The Balaban J connectivity index is 1.26. The Morgan fingerprint density at radius 3 is 2.49 bits per heavy atom. The van der Waals surface area contributed by atoms with E-state index < -0.39 is 43.4 Å². The lowest BCUT2D eigenvalue weighted by Crippen LogP contribution is -2.59. The molecule has 3 aliphatic heterocycles. The first kappa shape index (κ1) is 26.7. The molecule has 37 heavy (non-hydrogen) atoms. The molecule has 5 rings (SSSR count). The molecular weight excluding hydrogens is 486 g/mol. The van der Waals surface area contributed by atoms with Crippen molar-refractivity contribution in [1.82, 2.24) is 5.32 Å². The Hall–Kier alpha value is -1.86. The number of rotatable bonds is 7. The predicted octanol–water partition coefficient (Wildman–Crippen LogP) is -0.833. The van der Waals surface area contributed by atoms with E-state index in [0.717, 1.165) is 18.4 Å². The van der Waals surface area contributed by atoms with Crippen LogP contribution < -0.4 is 5.32 Å². The number of hydrogen-bond acceptors (Lipinski definition) is 11. The number of aliphatic hydroxyl groups is 4. The molecule has 3 saturated heterocycles. The molecule has 0 spiro atoms. The molecular formula is C26H37NO10. The Labute approximate surface area is 215 Å². The summed E-state index contributed by atoms with van der Waals surface area (Å²) in [5, 5.41) is 43.4. The standard InChI is InChI=1S/C26H37NO10/c1-11-3-5-14-16(9-27-8-13-4-6-19(29)34-13)25(33)37-24(14)20-12(2)17(7-15(11)20)35-26-23(32)22(31)21(30)18(10-28)36-26/h13-18,20-24,26-28,30-32H,1-10H2/t13-,14-,15-,16-,17-,18+,20-,21+,22-,23+,24-,26+/m0/s1. The zero-order valence-corrected chi connectivity index (χ0v) is 20.7. The van der Waals surface area contributed by atoms with Crippen LogP contribution in [0.3, 0.4) is 0 Å². The molecule has 3 heterocycles. The molecule has 12 atom stereocenters. The Kier molecular flexibility index (Phi) is 7.75. The van der Waals surface area contributed by atoms with Gasteiger partial charge in [-0.1, -0.05) is 18.7 Å². The van der Waals surface area contributed by atoms with E-state index in [1.165, 1.54) is 0 Å². The maximum Gasteiger partial charge on any atom is 0.310 e. The van der Waals surface area contributed by atoms with E-state index in [4.69, 9.17) is 18.9 Å². The van der Waals surface area contributed by atoms with Gasteiger partial charge in [0.15, 0.2) is 6.29 Å². The molecule has 5 fully saturated rings. The lowest BCUT2D eigenvalue weighted by atomic mass is 9.79. The lowest BCUT2D eigenvalue weighted by Gasteiger charge is -2.40. The van der Waals surface area contributed by atoms with Gasteiger partial charge in [0.25, 0.3) is 0 Å². The van der Waals surface area contributed by atoms with Gasteiger partial charge in [0.1, 0.15) is 36.6 Å². The van der Waals surface area contributed by atoms with Gasteiger partial charge in [-0.3, -0.25) is 9.59 Å². The molecule has 206 valence electrons. The third-order valence-corrected chi connectivity index (χ3v) is 8.77. The van der Waals surface area contributed by atoms with E-state index in [1.54, 1.807) is 0 Å². The Bertz CT molecular complexity index is 923. The van der Waals surface area contributed by atoms with Crippen molar-refractivity contribution in [3.63, 3.8) is 0 Å². The summed E-state index contributed by atoms with van der Waals surface area (Å²) in [6.45, 7) is 8.95. The summed E-state index contributed by atoms with van der Waals surface area (Å²) in [5.74, 6) is -1.08. The topological polar surface area (TPSA) is 164 Å². The van der Waals surface area contributed by atoms with E-state index in [9.17, 15) is 30.0 Å². The van der Waals surface area contributed by atoms with Crippen molar-refractivity contribution in [3.8, 4) is 0 Å². The maximum absolute atomic E-state index is 12.9. The molecule has 2 saturated carbocycles. The zero-order valence-electron chi connectivity index (χ0n) is 20.7. The molecule has 0 aromatic heterocycles. The first-order chi connectivity index (χ1) is 17.7. The molecule has 0 unspecified atom stereocenters. The summed E-state index contributed by atoms with van der Waals surface area (Å²) in [4.78, 5) is 24.3. The van der Waals surface area contributed by atoms with Crippen molar-refractivity contribution in [2.75, 3.05) is 19.7 Å². The summed E-state index contributed by atoms with van der Waals surface area (Å²) in [5.41, 5.74) is 1.74. The van der Waals surface area contributed by atoms with Crippen LogP contribution in [-0.4, -0.2) is 101 Å². The van der Waals surface area contributed by atoms with Gasteiger partial charge in [-0.05, 0) is 37.2 Å². The number of ether oxygens (including phenoxy) is 4. The van der Waals surface area contributed by atoms with Crippen LogP contribution in [-0.2, 0) is 28.5 Å². The highest BCUT2D eigenvalue weighted by molar-refractivity contribution is 5.76. The summed E-state index contributed by atoms with van der Waals surface area (Å²) in [6.07, 6.45) is -4.87. The minimum Gasteiger partial charge on any atom is -0.461 e. The third kappa shape index (κ3) is 4.98. The summed E-state index contributed by atoms with van der Waals surface area (Å²) in [6, 6.07) is 0. The van der Waals surface area contributed by atoms with Crippen LogP contribution in [0.25, 0.3) is 0 Å². The minimum absolute atomic E-state index is 0.0326. The molecule has 5 N–H and O–H groups in total. The van der Waals surface area contributed by atoms with Crippen LogP contribution in [0.5, 0.6) is 0 Å². The molecule has 11 nitrogen and oxygen atoms in total. The van der Waals surface area contributed by atoms with E-state index in [0.29, 0.717) is 37.9 Å². The van der Waals surface area contributed by atoms with E-state index in [1.807, 2.05) is 0 Å². The number of nitrogens with one attached hydrogen (secondary N) is 1. The van der Waals surface area contributed by atoms with Gasteiger partial charge >= 0.3 is 11.9 Å². The van der Waals surface area contributed by atoms with Crippen molar-refractivity contribution in [1.29, 1.82) is 0 Å². The fraction of sp³-hybridized carbons (Fsp3) is 0.769. The largest absolute Gasteiger partial charge is 0.461 e. The second-order valence-electron chi connectivity index (χ2n) is 10.9. The molecule has 11 heteroatoms. The van der Waals surface area contributed by atoms with E-state index in [2.05, 4.69) is 18.5 Å². The monoisotopic (exact) mass is 523 g/mol. The molecule has 0 aromatic rings. The van der Waals surface area contributed by atoms with Gasteiger partial charge in [-0.15, -0.1) is 0 Å². The second kappa shape index (κ2) is 10.7. The van der Waals surface area contributed by atoms with Crippen LogP contribution in [0.15, 0.2) is 24.3 Å². The number of hydrogen-bond donors (Lipinski definition) is 5. The van der Waals surface area contributed by atoms with Crippen LogP contribution in [0.1, 0.15) is 32.1 Å². The van der Waals surface area contributed by atoms with E-state index >= 15 is 0 Å². The molecule has 2 aliphatic carbocycles. The predicted molar refractivity (Wildman–Crippen MR) is 127 cm³/mol. The van der Waals surface area contributed by atoms with Gasteiger partial charge in [0.05, 0.1) is 18.6 Å². The average Bonchev–Trinajstić information content (AvgIpc) is 3.50. The van der Waals surface area contributed by atoms with Crippen LogP contribution in [0, 0.1) is 23.7 Å². The molecule has 0 radical (unpaired) electrons. The minimum atomic E-state index is -1.54. The quantitative estimate of drug-likeness (QED) is 0.209. The summed E-state index contributed by atoms with van der Waals surface area (Å²) < 4.78 is 22.8. The SMILES string of the molecule is C=C1[C@@H]2[C@H]3OC(=O)[C@@H](CNC[C@@H]4CCC(=O)O4)[C@@H]3CCC(=C)[C@@H]2C[C@@H]1O[C@@H]1O[C@H](CO)[C@@H](O)[C@H](O)[C@H]1O. The van der Waals surface area contributed by atoms with Crippen molar-refractivity contribution in [2.45, 2.75) is 81.1 Å². The van der Waals surface area contributed by atoms with Gasteiger partial charge < -0.3 is 44.7 Å². The summed E-state index contributed by atoms with van der Waals surface area (Å²) in [7, 11) is 0.